The van der Waals surface area contributed by atoms with Crippen molar-refractivity contribution in [1.82, 2.24) is 9.62 Å². The Morgan fingerprint density at radius 2 is 2.04 bits per heavy atom. The van der Waals surface area contributed by atoms with Gasteiger partial charge in [0, 0.05) is 18.1 Å². The van der Waals surface area contributed by atoms with Gasteiger partial charge in [0.1, 0.15) is 10.9 Å². The normalized spacial score (nSPS) is 16.7. The van der Waals surface area contributed by atoms with Crippen molar-refractivity contribution in [2.24, 2.45) is 0 Å². The maximum Gasteiger partial charge on any atom is 0.242 e. The number of sulfonamides is 1. The molecule has 1 fully saturated rings. The standard InChI is InChI=1S/C15H20Cl2N2O4S2/c1-24-9-4-13(15(20)19-5-7-23-8-6-19)18-25(21,22)14-10-11(16)2-3-12(14)17/h2-3,10,13,18H,4-9H2,1H3/t13-/m1/s1. The topological polar surface area (TPSA) is 75.7 Å². The number of nitrogens with zero attached hydrogens (tertiary/aromatic N) is 1. The van der Waals surface area contributed by atoms with Crippen LogP contribution in [0.15, 0.2) is 23.1 Å². The molecule has 1 saturated heterocycles. The Hall–Kier alpha value is -0.510. The van der Waals surface area contributed by atoms with Crippen LogP contribution in [0.3, 0.4) is 0 Å². The molecule has 1 aliphatic rings. The summed E-state index contributed by atoms with van der Waals surface area (Å²) < 4.78 is 33.2. The number of carbonyl (C=O) groups excluding carboxylic acids is 1. The van der Waals surface area contributed by atoms with E-state index in [0.717, 1.165) is 0 Å². The molecule has 1 atom stereocenters. The summed E-state index contributed by atoms with van der Waals surface area (Å²) in [5.74, 6) is 0.395. The SMILES string of the molecule is CSCC[C@@H](NS(=O)(=O)c1cc(Cl)ccc1Cl)C(=O)N1CCOCC1. The number of nitrogens with one attached hydrogen (secondary N) is 1. The summed E-state index contributed by atoms with van der Waals surface area (Å²) in [5, 5.41) is 0.310. The highest BCUT2D eigenvalue weighted by Crippen LogP contribution is 2.25. The first-order valence-corrected chi connectivity index (χ1v) is 11.3. The van der Waals surface area contributed by atoms with Gasteiger partial charge >= 0.3 is 0 Å². The highest BCUT2D eigenvalue weighted by atomic mass is 35.5. The van der Waals surface area contributed by atoms with Gasteiger partial charge in [0.15, 0.2) is 0 Å². The molecule has 1 heterocycles. The monoisotopic (exact) mass is 426 g/mol. The summed E-state index contributed by atoms with van der Waals surface area (Å²) >= 11 is 13.4. The zero-order chi connectivity index (χ0) is 18.4. The Labute approximate surface area is 162 Å². The van der Waals surface area contributed by atoms with Crippen molar-refractivity contribution in [2.45, 2.75) is 17.4 Å². The van der Waals surface area contributed by atoms with Gasteiger partial charge in [-0.2, -0.15) is 16.5 Å². The predicted octanol–water partition coefficient (Wildman–Crippen LogP) is 2.25. The molecule has 1 N–H and O–H groups in total. The minimum absolute atomic E-state index is 0.0549. The summed E-state index contributed by atoms with van der Waals surface area (Å²) in [6, 6.07) is 3.34. The Bertz CT molecular complexity index is 709. The van der Waals surface area contributed by atoms with Crippen molar-refractivity contribution in [2.75, 3.05) is 38.3 Å². The van der Waals surface area contributed by atoms with Crippen LogP contribution in [-0.4, -0.2) is 63.6 Å². The fourth-order valence-corrected chi connectivity index (χ4v) is 4.86. The number of hydrogen-bond acceptors (Lipinski definition) is 5. The zero-order valence-electron chi connectivity index (χ0n) is 13.7. The van der Waals surface area contributed by atoms with E-state index < -0.39 is 16.1 Å². The largest absolute Gasteiger partial charge is 0.378 e. The van der Waals surface area contributed by atoms with Gasteiger partial charge in [-0.15, -0.1) is 0 Å². The first kappa shape index (κ1) is 20.8. The average molecular weight is 427 g/mol. The van der Waals surface area contributed by atoms with E-state index in [1.54, 1.807) is 16.7 Å². The molecule has 1 aromatic carbocycles. The second-order valence-corrected chi connectivity index (χ2v) is 8.98. The van der Waals surface area contributed by atoms with Crippen molar-refractivity contribution < 1.29 is 17.9 Å². The molecule has 0 saturated carbocycles. The van der Waals surface area contributed by atoms with Crippen LogP contribution in [-0.2, 0) is 19.6 Å². The molecule has 10 heteroatoms. The molecule has 0 radical (unpaired) electrons. The number of carbonyl (C=O) groups is 1. The fourth-order valence-electron chi connectivity index (χ4n) is 2.41. The van der Waals surface area contributed by atoms with Crippen molar-refractivity contribution in [3.63, 3.8) is 0 Å². The van der Waals surface area contributed by atoms with Crippen LogP contribution in [0.4, 0.5) is 0 Å². The molecule has 6 nitrogen and oxygen atoms in total. The van der Waals surface area contributed by atoms with Gasteiger partial charge in [-0.3, -0.25) is 4.79 Å². The van der Waals surface area contributed by atoms with Gasteiger partial charge in [0.2, 0.25) is 15.9 Å². The molecule has 0 aliphatic carbocycles. The number of rotatable bonds is 7. The molecule has 1 amide bonds. The maximum atomic E-state index is 12.7. The summed E-state index contributed by atoms with van der Waals surface area (Å²) in [5.41, 5.74) is 0. The van der Waals surface area contributed by atoms with E-state index >= 15 is 0 Å². The lowest BCUT2D eigenvalue weighted by molar-refractivity contribution is -0.137. The summed E-state index contributed by atoms with van der Waals surface area (Å²) in [4.78, 5) is 14.2. The Morgan fingerprint density at radius 3 is 2.68 bits per heavy atom. The molecule has 2 rings (SSSR count). The van der Waals surface area contributed by atoms with Crippen molar-refractivity contribution >= 4 is 50.9 Å². The fraction of sp³-hybridized carbons (Fsp3) is 0.533. The minimum Gasteiger partial charge on any atom is -0.378 e. The van der Waals surface area contributed by atoms with Crippen molar-refractivity contribution in [3.05, 3.63) is 28.2 Å². The van der Waals surface area contributed by atoms with Gasteiger partial charge in [0.25, 0.3) is 0 Å². The third kappa shape index (κ3) is 5.74. The molecule has 0 bridgehead atoms. The van der Waals surface area contributed by atoms with E-state index in [9.17, 15) is 13.2 Å². The molecule has 1 aliphatic heterocycles. The first-order valence-electron chi connectivity index (χ1n) is 7.68. The lowest BCUT2D eigenvalue weighted by Crippen LogP contribution is -2.51. The molecule has 1 aromatic rings. The number of hydrogen-bond donors (Lipinski definition) is 1. The summed E-state index contributed by atoms with van der Waals surface area (Å²) in [6.07, 6.45) is 2.29. The molecule has 0 spiro atoms. The summed E-state index contributed by atoms with van der Waals surface area (Å²) in [7, 11) is -3.98. The molecule has 140 valence electrons. The third-order valence-electron chi connectivity index (χ3n) is 3.71. The molecule has 0 unspecified atom stereocenters. The minimum atomic E-state index is -3.98. The highest BCUT2D eigenvalue weighted by Gasteiger charge is 2.30. The number of amides is 1. The Balaban J connectivity index is 2.22. The second kappa shape index (κ2) is 9.43. The van der Waals surface area contributed by atoms with Crippen LogP contribution in [0, 0.1) is 0 Å². The maximum absolute atomic E-state index is 12.7. The quantitative estimate of drug-likeness (QED) is 0.723. The number of halogens is 2. The van der Waals surface area contributed by atoms with Gasteiger partial charge in [-0.05, 0) is 36.6 Å². The van der Waals surface area contributed by atoms with Gasteiger partial charge in [-0.25, -0.2) is 8.42 Å². The molecule has 25 heavy (non-hydrogen) atoms. The van der Waals surface area contributed by atoms with Gasteiger partial charge in [0.05, 0.1) is 18.2 Å². The smallest absolute Gasteiger partial charge is 0.242 e. The van der Waals surface area contributed by atoms with E-state index in [1.807, 2.05) is 6.26 Å². The van der Waals surface area contributed by atoms with Gasteiger partial charge in [-0.1, -0.05) is 23.2 Å². The first-order chi connectivity index (χ1) is 11.8. The van der Waals surface area contributed by atoms with Crippen LogP contribution in [0.5, 0.6) is 0 Å². The molecular weight excluding hydrogens is 407 g/mol. The van der Waals surface area contributed by atoms with Crippen LogP contribution < -0.4 is 4.72 Å². The Kier molecular flexibility index (Phi) is 7.85. The van der Waals surface area contributed by atoms with Crippen LogP contribution in [0.2, 0.25) is 10.0 Å². The Morgan fingerprint density at radius 1 is 1.36 bits per heavy atom. The lowest BCUT2D eigenvalue weighted by Gasteiger charge is -2.30. The van der Waals surface area contributed by atoms with Crippen LogP contribution in [0.25, 0.3) is 0 Å². The van der Waals surface area contributed by atoms with E-state index in [4.69, 9.17) is 27.9 Å². The van der Waals surface area contributed by atoms with Crippen molar-refractivity contribution in [1.29, 1.82) is 0 Å². The predicted molar refractivity (Wildman–Crippen MR) is 101 cm³/mol. The summed E-state index contributed by atoms with van der Waals surface area (Å²) in [6.45, 7) is 1.81. The number of ether oxygens (including phenoxy) is 1. The highest BCUT2D eigenvalue weighted by molar-refractivity contribution is 7.98. The third-order valence-corrected chi connectivity index (χ3v) is 6.54. The number of benzene rings is 1. The van der Waals surface area contributed by atoms with Crippen LogP contribution in [0.1, 0.15) is 6.42 Å². The van der Waals surface area contributed by atoms with Crippen LogP contribution >= 0.6 is 35.0 Å². The molecule has 0 aromatic heterocycles. The average Bonchev–Trinajstić information content (AvgIpc) is 2.60. The number of thioether (sulfide) groups is 1. The second-order valence-electron chi connectivity index (χ2n) is 5.47. The van der Waals surface area contributed by atoms with Gasteiger partial charge < -0.3 is 9.64 Å². The molecular formula is C15H20Cl2N2O4S2. The van der Waals surface area contributed by atoms with E-state index in [1.165, 1.54) is 18.2 Å². The number of morpholine rings is 1. The van der Waals surface area contributed by atoms with E-state index in [0.29, 0.717) is 38.5 Å². The van der Waals surface area contributed by atoms with Crippen molar-refractivity contribution in [3.8, 4) is 0 Å². The van der Waals surface area contributed by atoms with E-state index in [-0.39, 0.29) is 20.8 Å². The lowest BCUT2D eigenvalue weighted by atomic mass is 10.2. The zero-order valence-corrected chi connectivity index (χ0v) is 16.8. The van der Waals surface area contributed by atoms with E-state index in [2.05, 4.69) is 4.72 Å².